The van der Waals surface area contributed by atoms with E-state index in [1.807, 2.05) is 12.1 Å². The normalized spacial score (nSPS) is 27.7. The Bertz CT molecular complexity index is 775. The SMILES string of the molecule is CC(=O)OC[C@@H]1O[C@H](NC(=S)NN2CCN(C)CC2)[C@H](OC(C)=O)[C@H](OC(C)=O)[C@@H]1OC(C)=O. The van der Waals surface area contributed by atoms with Crippen molar-refractivity contribution in [2.75, 3.05) is 39.8 Å². The lowest BCUT2D eigenvalue weighted by Gasteiger charge is -2.45. The fraction of sp³-hybridized carbons (Fsp3) is 0.750. The van der Waals surface area contributed by atoms with Crippen LogP contribution in [-0.2, 0) is 42.9 Å². The summed E-state index contributed by atoms with van der Waals surface area (Å²) in [5.41, 5.74) is 3.05. The van der Waals surface area contributed by atoms with Crippen LogP contribution in [0.1, 0.15) is 27.7 Å². The monoisotopic (exact) mass is 504 g/mol. The van der Waals surface area contributed by atoms with E-state index in [1.165, 1.54) is 13.8 Å². The lowest BCUT2D eigenvalue weighted by atomic mass is 9.97. The Morgan fingerprint density at radius 2 is 1.38 bits per heavy atom. The largest absolute Gasteiger partial charge is 0.463 e. The first-order valence-electron chi connectivity index (χ1n) is 10.8. The average Bonchev–Trinajstić information content (AvgIpc) is 2.71. The molecule has 192 valence electrons. The van der Waals surface area contributed by atoms with Crippen LogP contribution in [-0.4, -0.2) is 109 Å². The highest BCUT2D eigenvalue weighted by Gasteiger charge is 2.52. The number of likely N-dealkylation sites (N-methyl/N-ethyl adjacent to an activating group) is 1. The summed E-state index contributed by atoms with van der Waals surface area (Å²) in [7, 11) is 2.02. The number of hydrazine groups is 1. The van der Waals surface area contributed by atoms with Crippen LogP contribution in [0.2, 0.25) is 0 Å². The summed E-state index contributed by atoms with van der Waals surface area (Å²) in [6.45, 7) is 7.52. The Morgan fingerprint density at radius 3 is 1.91 bits per heavy atom. The maximum absolute atomic E-state index is 11.9. The Hall–Kier alpha value is -2.55. The second-order valence-corrected chi connectivity index (χ2v) is 8.40. The molecule has 0 aromatic rings. The summed E-state index contributed by atoms with van der Waals surface area (Å²) < 4.78 is 27.1. The maximum Gasteiger partial charge on any atom is 0.303 e. The molecular formula is C20H32N4O9S. The van der Waals surface area contributed by atoms with E-state index in [4.69, 9.17) is 35.9 Å². The Kier molecular flexibility index (Phi) is 10.4. The van der Waals surface area contributed by atoms with Gasteiger partial charge in [0.1, 0.15) is 12.7 Å². The third-order valence-electron chi connectivity index (χ3n) is 5.03. The van der Waals surface area contributed by atoms with Crippen LogP contribution in [0.15, 0.2) is 0 Å². The first-order valence-corrected chi connectivity index (χ1v) is 11.2. The van der Waals surface area contributed by atoms with Crippen molar-refractivity contribution in [2.24, 2.45) is 0 Å². The van der Waals surface area contributed by atoms with Gasteiger partial charge in [-0.1, -0.05) is 0 Å². The Morgan fingerprint density at radius 1 is 0.853 bits per heavy atom. The van der Waals surface area contributed by atoms with Gasteiger partial charge in [-0.05, 0) is 19.3 Å². The third kappa shape index (κ3) is 8.66. The highest BCUT2D eigenvalue weighted by atomic mass is 32.1. The summed E-state index contributed by atoms with van der Waals surface area (Å²) in [5.74, 6) is -2.67. The maximum atomic E-state index is 11.9. The quantitative estimate of drug-likeness (QED) is 0.240. The van der Waals surface area contributed by atoms with E-state index in [0.29, 0.717) is 0 Å². The predicted octanol–water partition coefficient (Wildman–Crippen LogP) is -1.30. The van der Waals surface area contributed by atoms with Gasteiger partial charge >= 0.3 is 23.9 Å². The summed E-state index contributed by atoms with van der Waals surface area (Å²) in [6, 6.07) is 0. The van der Waals surface area contributed by atoms with E-state index >= 15 is 0 Å². The summed E-state index contributed by atoms with van der Waals surface area (Å²) in [5, 5.41) is 5.01. The number of esters is 4. The number of carbonyl (C=O) groups is 4. The molecule has 14 heteroatoms. The summed E-state index contributed by atoms with van der Waals surface area (Å²) >= 11 is 5.41. The Labute approximate surface area is 203 Å². The van der Waals surface area contributed by atoms with Crippen LogP contribution >= 0.6 is 12.2 Å². The minimum atomic E-state index is -1.26. The molecule has 2 N–H and O–H groups in total. The van der Waals surface area contributed by atoms with Crippen molar-refractivity contribution in [3.05, 3.63) is 0 Å². The molecule has 2 fully saturated rings. The number of rotatable bonds is 7. The van der Waals surface area contributed by atoms with Crippen LogP contribution in [0.4, 0.5) is 0 Å². The van der Waals surface area contributed by atoms with Gasteiger partial charge in [0.15, 0.2) is 29.7 Å². The molecule has 0 aliphatic carbocycles. The van der Waals surface area contributed by atoms with Crippen molar-refractivity contribution in [2.45, 2.75) is 58.3 Å². The van der Waals surface area contributed by atoms with E-state index in [1.54, 1.807) is 0 Å². The molecule has 5 atom stereocenters. The van der Waals surface area contributed by atoms with Gasteiger partial charge in [-0.2, -0.15) is 0 Å². The van der Waals surface area contributed by atoms with Crippen LogP contribution in [0.3, 0.4) is 0 Å². The van der Waals surface area contributed by atoms with E-state index in [-0.39, 0.29) is 11.7 Å². The van der Waals surface area contributed by atoms with E-state index in [0.717, 1.165) is 40.0 Å². The predicted molar refractivity (Wildman–Crippen MR) is 120 cm³/mol. The molecule has 2 aliphatic rings. The van der Waals surface area contributed by atoms with Crippen LogP contribution < -0.4 is 10.7 Å². The fourth-order valence-electron chi connectivity index (χ4n) is 3.57. The zero-order chi connectivity index (χ0) is 25.4. The van der Waals surface area contributed by atoms with Gasteiger partial charge in [-0.25, -0.2) is 5.01 Å². The van der Waals surface area contributed by atoms with Gasteiger partial charge in [0, 0.05) is 53.9 Å². The number of hydrogen-bond acceptors (Lipinski definition) is 12. The minimum absolute atomic E-state index is 0.172. The smallest absolute Gasteiger partial charge is 0.303 e. The van der Waals surface area contributed by atoms with Crippen molar-refractivity contribution < 1.29 is 42.9 Å². The van der Waals surface area contributed by atoms with Crippen LogP contribution in [0.5, 0.6) is 0 Å². The minimum Gasteiger partial charge on any atom is -0.463 e. The molecule has 0 bridgehead atoms. The molecule has 0 aromatic carbocycles. The molecule has 2 aliphatic heterocycles. The van der Waals surface area contributed by atoms with Crippen molar-refractivity contribution in [1.29, 1.82) is 0 Å². The number of nitrogens with one attached hydrogen (secondary N) is 2. The molecule has 2 rings (SSSR count). The van der Waals surface area contributed by atoms with Gasteiger partial charge in [0.05, 0.1) is 0 Å². The van der Waals surface area contributed by atoms with Crippen molar-refractivity contribution in [1.82, 2.24) is 20.7 Å². The van der Waals surface area contributed by atoms with Crippen LogP contribution in [0, 0.1) is 0 Å². The molecule has 0 amide bonds. The van der Waals surface area contributed by atoms with Gasteiger partial charge in [-0.3, -0.25) is 24.6 Å². The molecule has 0 radical (unpaired) electrons. The topological polar surface area (TPSA) is 145 Å². The molecule has 34 heavy (non-hydrogen) atoms. The first-order chi connectivity index (χ1) is 16.0. The van der Waals surface area contributed by atoms with Crippen molar-refractivity contribution in [3.8, 4) is 0 Å². The van der Waals surface area contributed by atoms with Gasteiger partial charge < -0.3 is 33.9 Å². The molecule has 0 aromatic heterocycles. The van der Waals surface area contributed by atoms with Crippen molar-refractivity contribution >= 4 is 41.2 Å². The molecular weight excluding hydrogens is 472 g/mol. The number of thiocarbonyl (C=S) groups is 1. The zero-order valence-electron chi connectivity index (χ0n) is 19.9. The molecule has 0 spiro atoms. The van der Waals surface area contributed by atoms with E-state index < -0.39 is 54.5 Å². The molecule has 13 nitrogen and oxygen atoms in total. The fourth-order valence-corrected chi connectivity index (χ4v) is 3.81. The summed E-state index contributed by atoms with van der Waals surface area (Å²) in [6.07, 6.45) is -5.88. The van der Waals surface area contributed by atoms with E-state index in [9.17, 15) is 19.2 Å². The summed E-state index contributed by atoms with van der Waals surface area (Å²) in [4.78, 5) is 49.1. The second kappa shape index (κ2) is 12.8. The van der Waals surface area contributed by atoms with E-state index in [2.05, 4.69) is 15.6 Å². The highest BCUT2D eigenvalue weighted by molar-refractivity contribution is 7.80. The number of hydrogen-bond donors (Lipinski definition) is 2. The molecule has 2 saturated heterocycles. The van der Waals surface area contributed by atoms with Gasteiger partial charge in [0.25, 0.3) is 0 Å². The second-order valence-electron chi connectivity index (χ2n) is 8.00. The third-order valence-corrected chi connectivity index (χ3v) is 5.24. The molecule has 0 saturated carbocycles. The Balaban J connectivity index is 2.27. The highest BCUT2D eigenvalue weighted by Crippen LogP contribution is 2.28. The van der Waals surface area contributed by atoms with Gasteiger partial charge in [0.2, 0.25) is 0 Å². The van der Waals surface area contributed by atoms with Crippen LogP contribution in [0.25, 0.3) is 0 Å². The van der Waals surface area contributed by atoms with Gasteiger partial charge in [-0.15, -0.1) is 0 Å². The lowest BCUT2D eigenvalue weighted by Crippen LogP contribution is -2.67. The average molecular weight is 505 g/mol. The van der Waals surface area contributed by atoms with Crippen molar-refractivity contribution in [3.63, 3.8) is 0 Å². The number of nitrogens with zero attached hydrogens (tertiary/aromatic N) is 2. The molecule has 0 unspecified atom stereocenters. The first kappa shape index (κ1) is 27.7. The standard InChI is InChI=1S/C20H32N4O9S/c1-11(25)29-10-15-16(30-12(2)26)17(31-13(3)27)18(32-14(4)28)19(33-15)21-20(34)22-24-8-6-23(5)7-9-24/h15-19H,6-10H2,1-5H3,(H2,21,22,34)/t15-,16+,17+,18+,19-/m0/s1. The number of carbonyl (C=O) groups excluding carboxylic acids is 4. The molecule has 2 heterocycles. The lowest BCUT2D eigenvalue weighted by molar-refractivity contribution is -0.255. The number of piperazine rings is 1. The zero-order valence-corrected chi connectivity index (χ0v) is 20.7. The number of ether oxygens (including phenoxy) is 5.